The summed E-state index contributed by atoms with van der Waals surface area (Å²) in [5.41, 5.74) is 2.28. The van der Waals surface area contributed by atoms with E-state index in [1.807, 2.05) is 36.5 Å². The van der Waals surface area contributed by atoms with Crippen LogP contribution in [0.4, 0.5) is 4.39 Å². The fourth-order valence-electron chi connectivity index (χ4n) is 5.82. The van der Waals surface area contributed by atoms with Crippen molar-refractivity contribution in [2.24, 2.45) is 0 Å². The van der Waals surface area contributed by atoms with Gasteiger partial charge in [0.2, 0.25) is 0 Å². The van der Waals surface area contributed by atoms with Gasteiger partial charge in [-0.05, 0) is 49.2 Å². The minimum Gasteiger partial charge on any atom is -0.340 e. The maximum atomic E-state index is 15.9. The number of hydrogen-bond acceptors (Lipinski definition) is 5. The molecule has 0 spiro atoms. The minimum atomic E-state index is -1.79. The lowest BCUT2D eigenvalue weighted by molar-refractivity contribution is -0.148. The van der Waals surface area contributed by atoms with Crippen molar-refractivity contribution < 1.29 is 9.18 Å². The molecule has 2 fully saturated rings. The van der Waals surface area contributed by atoms with Gasteiger partial charge >= 0.3 is 0 Å². The lowest BCUT2D eigenvalue weighted by Gasteiger charge is -2.40. The molecule has 2 aliphatic heterocycles. The smallest absolute Gasteiger partial charge is 0.260 e. The largest absolute Gasteiger partial charge is 0.340 e. The number of para-hydroxylation sites is 1. The van der Waals surface area contributed by atoms with Gasteiger partial charge in [-0.15, -0.1) is 0 Å². The van der Waals surface area contributed by atoms with Crippen molar-refractivity contribution in [2.75, 3.05) is 26.2 Å². The van der Waals surface area contributed by atoms with Crippen LogP contribution in [0.3, 0.4) is 0 Å². The minimum absolute atomic E-state index is 0.220. The van der Waals surface area contributed by atoms with E-state index in [0.717, 1.165) is 29.9 Å². The van der Waals surface area contributed by atoms with E-state index in [1.54, 1.807) is 11.1 Å². The van der Waals surface area contributed by atoms with E-state index in [4.69, 9.17) is 0 Å². The van der Waals surface area contributed by atoms with Crippen molar-refractivity contribution in [3.8, 4) is 11.4 Å². The number of aromatic nitrogens is 4. The van der Waals surface area contributed by atoms with Crippen LogP contribution < -0.4 is 0 Å². The van der Waals surface area contributed by atoms with Gasteiger partial charge in [-0.3, -0.25) is 14.7 Å². The van der Waals surface area contributed by atoms with E-state index in [9.17, 15) is 4.79 Å². The molecule has 6 rings (SSSR count). The Labute approximate surface area is 215 Å². The van der Waals surface area contributed by atoms with Gasteiger partial charge in [-0.2, -0.15) is 10.2 Å². The highest BCUT2D eigenvalue weighted by atomic mass is 19.1. The average Bonchev–Trinajstić information content (AvgIpc) is 3.35. The molecule has 4 aromatic rings. The molecule has 0 N–H and O–H groups in total. The second kappa shape index (κ2) is 10.0. The van der Waals surface area contributed by atoms with E-state index in [1.165, 1.54) is 10.9 Å². The molecule has 0 unspecified atom stereocenters. The number of piperidine rings is 2. The number of likely N-dealkylation sites (tertiary alicyclic amines) is 2. The molecule has 0 aliphatic carbocycles. The number of benzene rings is 1. The summed E-state index contributed by atoms with van der Waals surface area (Å²) in [7, 11) is 0. The first-order valence-electron chi connectivity index (χ1n) is 13.1. The highest BCUT2D eigenvalue weighted by Crippen LogP contribution is 2.36. The zero-order chi connectivity index (χ0) is 25.2. The molecule has 0 saturated carbocycles. The summed E-state index contributed by atoms with van der Waals surface area (Å²) < 4.78 is 18.2. The first-order chi connectivity index (χ1) is 18.1. The third-order valence-electron chi connectivity index (χ3n) is 7.84. The standard InChI is InChI=1S/C29H31FN6O/c30-29(12-18-34(19-13-29)21-23-7-5-15-32-33-23)28(37)35-16-10-24(11-17-35)36-26-9-2-1-6-22(26)20-27(36)25-8-3-4-14-31-25/h1-9,14-15,20,24H,10-13,16-19,21H2. The van der Waals surface area contributed by atoms with Crippen LogP contribution in [0.15, 0.2) is 73.1 Å². The molecule has 0 atom stereocenters. The number of halogens is 1. The molecule has 37 heavy (non-hydrogen) atoms. The molecule has 2 aliphatic rings. The Morgan fingerprint density at radius 2 is 1.73 bits per heavy atom. The predicted molar refractivity (Wildman–Crippen MR) is 140 cm³/mol. The Morgan fingerprint density at radius 3 is 2.46 bits per heavy atom. The lowest BCUT2D eigenvalue weighted by atomic mass is 9.90. The van der Waals surface area contributed by atoms with Gasteiger partial charge in [-0.1, -0.05) is 24.3 Å². The number of nitrogens with zero attached hydrogens (tertiary/aromatic N) is 6. The number of carbonyl (C=O) groups is 1. The molecule has 1 aromatic carbocycles. The van der Waals surface area contributed by atoms with Gasteiger partial charge in [-0.25, -0.2) is 4.39 Å². The number of pyridine rings is 1. The van der Waals surface area contributed by atoms with E-state index in [2.05, 4.69) is 55.0 Å². The van der Waals surface area contributed by atoms with Crippen LogP contribution in [-0.2, 0) is 11.3 Å². The molecule has 0 radical (unpaired) electrons. The van der Waals surface area contributed by atoms with Crippen LogP contribution in [0.1, 0.15) is 37.4 Å². The summed E-state index contributed by atoms with van der Waals surface area (Å²) in [6.45, 7) is 2.84. The fourth-order valence-corrected chi connectivity index (χ4v) is 5.82. The lowest BCUT2D eigenvalue weighted by Crippen LogP contribution is -2.54. The number of hydrogen-bond donors (Lipinski definition) is 0. The van der Waals surface area contributed by atoms with Gasteiger partial charge in [0.15, 0.2) is 5.67 Å². The quantitative estimate of drug-likeness (QED) is 0.400. The maximum absolute atomic E-state index is 15.9. The summed E-state index contributed by atoms with van der Waals surface area (Å²) in [5, 5.41) is 9.22. The summed E-state index contributed by atoms with van der Waals surface area (Å²) >= 11 is 0. The Hall–Kier alpha value is -3.65. The predicted octanol–water partition coefficient (Wildman–Crippen LogP) is 4.66. The molecule has 3 aromatic heterocycles. The van der Waals surface area contributed by atoms with Crippen molar-refractivity contribution in [3.05, 3.63) is 78.8 Å². The van der Waals surface area contributed by atoms with Gasteiger partial charge < -0.3 is 9.47 Å². The Balaban J connectivity index is 1.13. The number of amides is 1. The second-order valence-corrected chi connectivity index (χ2v) is 10.2. The molecule has 7 nitrogen and oxygen atoms in total. The van der Waals surface area contributed by atoms with Gasteiger partial charge in [0.25, 0.3) is 5.91 Å². The SMILES string of the molecule is O=C(N1CCC(n2c(-c3ccccn3)cc3ccccc32)CC1)C1(F)CCN(Cc2cccnn2)CC1. The Kier molecular flexibility index (Phi) is 6.42. The summed E-state index contributed by atoms with van der Waals surface area (Å²) in [5.74, 6) is -0.340. The zero-order valence-corrected chi connectivity index (χ0v) is 20.8. The van der Waals surface area contributed by atoms with E-state index in [-0.39, 0.29) is 24.8 Å². The summed E-state index contributed by atoms with van der Waals surface area (Å²) in [6, 6.07) is 20.5. The van der Waals surface area contributed by atoms with Gasteiger partial charge in [0, 0.05) is 74.9 Å². The van der Waals surface area contributed by atoms with Crippen molar-refractivity contribution in [3.63, 3.8) is 0 Å². The van der Waals surface area contributed by atoms with Gasteiger partial charge in [0.1, 0.15) is 0 Å². The van der Waals surface area contributed by atoms with E-state index < -0.39 is 5.67 Å². The first kappa shape index (κ1) is 23.7. The fraction of sp³-hybridized carbons (Fsp3) is 0.379. The third kappa shape index (κ3) is 4.73. The van der Waals surface area contributed by atoms with Crippen LogP contribution >= 0.6 is 0 Å². The number of fused-ring (bicyclic) bond motifs is 1. The molecule has 1 amide bonds. The van der Waals surface area contributed by atoms with E-state index in [0.29, 0.717) is 32.7 Å². The molecular formula is C29H31FN6O. The van der Waals surface area contributed by atoms with Crippen LogP contribution in [0, 0.1) is 0 Å². The van der Waals surface area contributed by atoms with Crippen molar-refractivity contribution >= 4 is 16.8 Å². The van der Waals surface area contributed by atoms with Crippen molar-refractivity contribution in [1.82, 2.24) is 29.5 Å². The summed E-state index contributed by atoms with van der Waals surface area (Å²) in [4.78, 5) is 21.8. The molecule has 0 bridgehead atoms. The molecule has 190 valence electrons. The van der Waals surface area contributed by atoms with Crippen LogP contribution in [0.5, 0.6) is 0 Å². The highest BCUT2D eigenvalue weighted by Gasteiger charge is 2.45. The number of alkyl halides is 1. The van der Waals surface area contributed by atoms with Crippen molar-refractivity contribution in [2.45, 2.75) is 43.9 Å². The molecule has 5 heterocycles. The average molecular weight is 499 g/mol. The second-order valence-electron chi connectivity index (χ2n) is 10.2. The highest BCUT2D eigenvalue weighted by molar-refractivity contribution is 5.87. The normalized spacial score (nSPS) is 18.8. The topological polar surface area (TPSA) is 67.2 Å². The Bertz CT molecular complexity index is 1360. The molecule has 8 heteroatoms. The summed E-state index contributed by atoms with van der Waals surface area (Å²) in [6.07, 6.45) is 5.48. The Morgan fingerprint density at radius 1 is 0.946 bits per heavy atom. The van der Waals surface area contributed by atoms with Crippen LogP contribution in [0.2, 0.25) is 0 Å². The van der Waals surface area contributed by atoms with Crippen LogP contribution in [-0.4, -0.2) is 67.3 Å². The molecular weight excluding hydrogens is 467 g/mol. The molecule has 2 saturated heterocycles. The third-order valence-corrected chi connectivity index (χ3v) is 7.84. The number of carbonyl (C=O) groups excluding carboxylic acids is 1. The number of rotatable bonds is 5. The first-order valence-corrected chi connectivity index (χ1v) is 13.1. The van der Waals surface area contributed by atoms with Crippen molar-refractivity contribution in [1.29, 1.82) is 0 Å². The maximum Gasteiger partial charge on any atom is 0.260 e. The van der Waals surface area contributed by atoms with E-state index >= 15 is 4.39 Å². The zero-order valence-electron chi connectivity index (χ0n) is 20.8. The monoisotopic (exact) mass is 498 g/mol. The van der Waals surface area contributed by atoms with Gasteiger partial charge in [0.05, 0.1) is 17.1 Å². The van der Waals surface area contributed by atoms with Crippen LogP contribution in [0.25, 0.3) is 22.3 Å².